The number of fused-ring (bicyclic) bond motifs is 6. The Morgan fingerprint density at radius 1 is 0.460 bits per heavy atom. The Bertz CT molecular complexity index is 2860. The van der Waals surface area contributed by atoms with E-state index in [9.17, 15) is 0 Å². The van der Waals surface area contributed by atoms with E-state index in [0.29, 0.717) is 23.4 Å². The van der Waals surface area contributed by atoms with Gasteiger partial charge in [0.25, 0.3) is 0 Å². The number of hydrogen-bond donors (Lipinski definition) is 0. The molecule has 0 N–H and O–H groups in total. The van der Waals surface area contributed by atoms with E-state index in [1.54, 1.807) is 11.3 Å². The van der Waals surface area contributed by atoms with Gasteiger partial charge in [0.05, 0.1) is 4.70 Å². The van der Waals surface area contributed by atoms with Crippen LogP contribution in [-0.2, 0) is 0 Å². The first kappa shape index (κ1) is 28.5. The van der Waals surface area contributed by atoms with Crippen molar-refractivity contribution in [1.29, 1.82) is 0 Å². The topological polar surface area (TPSA) is 64.7 Å². The lowest BCUT2D eigenvalue weighted by atomic mass is 9.93. The van der Waals surface area contributed by atoms with Crippen LogP contribution in [0.5, 0.6) is 0 Å². The number of benzene rings is 7. The minimum absolute atomic E-state index is 0.583. The summed E-state index contributed by atoms with van der Waals surface area (Å²) in [5.74, 6) is 2.39. The predicted molar refractivity (Wildman–Crippen MR) is 205 cm³/mol. The van der Waals surface area contributed by atoms with Gasteiger partial charge in [-0.3, -0.25) is 0 Å². The van der Waals surface area contributed by atoms with Crippen LogP contribution in [0.4, 0.5) is 0 Å². The van der Waals surface area contributed by atoms with Crippen LogP contribution in [0.15, 0.2) is 162 Å². The molecule has 5 nitrogen and oxygen atoms in total. The van der Waals surface area contributed by atoms with Gasteiger partial charge in [-0.1, -0.05) is 127 Å². The van der Waals surface area contributed by atoms with E-state index < -0.39 is 0 Å². The van der Waals surface area contributed by atoms with Crippen molar-refractivity contribution in [3.8, 4) is 56.7 Å². The zero-order valence-corrected chi connectivity index (χ0v) is 27.4. The second-order valence-corrected chi connectivity index (χ2v) is 13.3. The van der Waals surface area contributed by atoms with Crippen molar-refractivity contribution >= 4 is 53.4 Å². The summed E-state index contributed by atoms with van der Waals surface area (Å²) in [6.45, 7) is 0. The number of aromatic nitrogens is 4. The lowest BCUT2D eigenvalue weighted by molar-refractivity contribution is 0.623. The van der Waals surface area contributed by atoms with E-state index in [-0.39, 0.29) is 0 Å². The third-order valence-electron chi connectivity index (χ3n) is 9.16. The molecule has 0 radical (unpaired) electrons. The molecule has 0 spiro atoms. The molecular weight excluding hydrogens is 633 g/mol. The van der Waals surface area contributed by atoms with Crippen LogP contribution in [0.3, 0.4) is 0 Å². The first-order chi connectivity index (χ1) is 24.8. The average molecular weight is 659 g/mol. The van der Waals surface area contributed by atoms with E-state index in [1.165, 1.54) is 0 Å². The van der Waals surface area contributed by atoms with Crippen molar-refractivity contribution < 1.29 is 4.42 Å². The van der Waals surface area contributed by atoms with Crippen LogP contribution >= 0.6 is 11.3 Å². The highest BCUT2D eigenvalue weighted by atomic mass is 32.1. The number of oxazole rings is 1. The van der Waals surface area contributed by atoms with Gasteiger partial charge in [-0.05, 0) is 46.7 Å². The van der Waals surface area contributed by atoms with Crippen LogP contribution < -0.4 is 0 Å². The fourth-order valence-electron chi connectivity index (χ4n) is 6.85. The van der Waals surface area contributed by atoms with Gasteiger partial charge in [-0.15, -0.1) is 11.3 Å². The van der Waals surface area contributed by atoms with Gasteiger partial charge in [-0.2, -0.15) is 0 Å². The molecule has 10 rings (SSSR count). The second kappa shape index (κ2) is 11.6. The first-order valence-electron chi connectivity index (χ1n) is 16.5. The molecule has 0 unspecified atom stereocenters. The summed E-state index contributed by atoms with van der Waals surface area (Å²) < 4.78 is 8.77. The molecule has 234 valence electrons. The number of hydrogen-bond acceptors (Lipinski definition) is 6. The Morgan fingerprint density at radius 3 is 1.82 bits per heavy atom. The number of thiophene rings is 1. The van der Waals surface area contributed by atoms with Gasteiger partial charge >= 0.3 is 0 Å². The smallest absolute Gasteiger partial charge is 0.227 e. The summed E-state index contributed by atoms with van der Waals surface area (Å²) in [4.78, 5) is 20.7. The number of nitrogens with zero attached hydrogens (tertiary/aromatic N) is 4. The molecule has 0 amide bonds. The van der Waals surface area contributed by atoms with E-state index in [1.807, 2.05) is 66.7 Å². The maximum atomic E-state index is 6.56. The van der Waals surface area contributed by atoms with Gasteiger partial charge in [0, 0.05) is 43.3 Å². The molecule has 50 heavy (non-hydrogen) atoms. The zero-order chi connectivity index (χ0) is 33.0. The summed E-state index contributed by atoms with van der Waals surface area (Å²) in [7, 11) is 0. The first-order valence-corrected chi connectivity index (χ1v) is 17.3. The van der Waals surface area contributed by atoms with Crippen molar-refractivity contribution in [2.24, 2.45) is 0 Å². The van der Waals surface area contributed by atoms with Crippen LogP contribution in [-0.4, -0.2) is 19.9 Å². The fourth-order valence-corrected chi connectivity index (χ4v) is 8.06. The summed E-state index contributed by atoms with van der Waals surface area (Å²) in [5.41, 5.74) is 7.39. The van der Waals surface area contributed by atoms with E-state index >= 15 is 0 Å². The summed E-state index contributed by atoms with van der Waals surface area (Å²) in [5, 5.41) is 4.44. The third-order valence-corrected chi connectivity index (χ3v) is 10.4. The summed E-state index contributed by atoms with van der Waals surface area (Å²) in [6, 6.07) is 53.9. The van der Waals surface area contributed by atoms with Crippen LogP contribution in [0.1, 0.15) is 0 Å². The SMILES string of the molecule is c1ccc(-c2nc(-c3ccc4ccccc4c3-c3ccccc3)nc(-c3cc4nc(-c5ccccc5)oc4c4c3sc3ccccc34)n2)cc1. The standard InChI is InChI=1S/C44H26N4OS/c1-4-15-28(16-5-1)37-31-21-11-10-14-27(31)24-25-33(37)42-46-41(29-17-6-2-7-18-29)47-43(48-42)34-26-35-39(49-44(45-35)30-19-8-3-9-20-30)38-32-22-12-13-23-36(32)50-40(34)38/h1-26H. The Labute approximate surface area is 291 Å². The molecule has 7 aromatic carbocycles. The summed E-state index contributed by atoms with van der Waals surface area (Å²) >= 11 is 1.72. The molecule has 0 aliphatic carbocycles. The van der Waals surface area contributed by atoms with Crippen LogP contribution in [0, 0.1) is 0 Å². The Morgan fingerprint density at radius 2 is 1.06 bits per heavy atom. The highest BCUT2D eigenvalue weighted by Gasteiger charge is 2.23. The number of rotatable bonds is 5. The van der Waals surface area contributed by atoms with Crippen LogP contribution in [0.2, 0.25) is 0 Å². The predicted octanol–water partition coefficient (Wildman–Crippen LogP) is 11.9. The highest BCUT2D eigenvalue weighted by Crippen LogP contribution is 2.45. The lowest BCUT2D eigenvalue weighted by Crippen LogP contribution is -2.01. The fraction of sp³-hybridized carbons (Fsp3) is 0. The quantitative estimate of drug-likeness (QED) is 0.184. The summed E-state index contributed by atoms with van der Waals surface area (Å²) in [6.07, 6.45) is 0. The molecule has 0 aliphatic heterocycles. The van der Waals surface area contributed by atoms with Crippen LogP contribution in [0.25, 0.3) is 98.8 Å². The molecule has 10 aromatic rings. The average Bonchev–Trinajstić information content (AvgIpc) is 3.80. The van der Waals surface area contributed by atoms with Gasteiger partial charge in [0.1, 0.15) is 5.52 Å². The van der Waals surface area contributed by atoms with E-state index in [2.05, 4.69) is 91.0 Å². The normalized spacial score (nSPS) is 11.6. The molecule has 0 saturated heterocycles. The minimum atomic E-state index is 0.583. The third kappa shape index (κ3) is 4.69. The van der Waals surface area contributed by atoms with Crippen molar-refractivity contribution in [1.82, 2.24) is 19.9 Å². The molecule has 3 aromatic heterocycles. The minimum Gasteiger partial charge on any atom is -0.435 e. The van der Waals surface area contributed by atoms with Gasteiger partial charge in [0.2, 0.25) is 5.89 Å². The van der Waals surface area contributed by atoms with Crippen molar-refractivity contribution in [2.45, 2.75) is 0 Å². The zero-order valence-electron chi connectivity index (χ0n) is 26.6. The molecule has 3 heterocycles. The van der Waals surface area contributed by atoms with Crippen molar-refractivity contribution in [2.75, 3.05) is 0 Å². The Hall–Kier alpha value is -6.50. The molecule has 0 bridgehead atoms. The molecule has 6 heteroatoms. The van der Waals surface area contributed by atoms with Crippen molar-refractivity contribution in [3.63, 3.8) is 0 Å². The maximum absolute atomic E-state index is 6.56. The van der Waals surface area contributed by atoms with Gasteiger partial charge in [0.15, 0.2) is 23.1 Å². The maximum Gasteiger partial charge on any atom is 0.227 e. The Balaban J connectivity index is 1.29. The van der Waals surface area contributed by atoms with Crippen molar-refractivity contribution in [3.05, 3.63) is 158 Å². The molecule has 0 aliphatic rings. The molecule has 0 atom stereocenters. The monoisotopic (exact) mass is 658 g/mol. The molecular formula is C44H26N4OS. The highest BCUT2D eigenvalue weighted by molar-refractivity contribution is 7.26. The van der Waals surface area contributed by atoms with Gasteiger partial charge in [-0.25, -0.2) is 19.9 Å². The van der Waals surface area contributed by atoms with E-state index in [0.717, 1.165) is 75.4 Å². The van der Waals surface area contributed by atoms with E-state index in [4.69, 9.17) is 24.4 Å². The Kier molecular flexibility index (Phi) is 6.60. The van der Waals surface area contributed by atoms with Gasteiger partial charge < -0.3 is 4.42 Å². The molecule has 0 saturated carbocycles. The second-order valence-electron chi connectivity index (χ2n) is 12.2. The lowest BCUT2D eigenvalue weighted by Gasteiger charge is -2.15. The molecule has 0 fully saturated rings. The largest absolute Gasteiger partial charge is 0.435 e.